The lowest BCUT2D eigenvalue weighted by Gasteiger charge is -2.21. The molecule has 0 aliphatic carbocycles. The zero-order valence-electron chi connectivity index (χ0n) is 13.0. The second-order valence-electron chi connectivity index (χ2n) is 6.17. The Morgan fingerprint density at radius 2 is 1.86 bits per heavy atom. The fourth-order valence-corrected chi connectivity index (χ4v) is 3.41. The minimum Gasteiger partial charge on any atom is -0.354 e. The van der Waals surface area contributed by atoms with Crippen LogP contribution < -0.4 is 5.32 Å². The Balaban J connectivity index is 2.85. The smallest absolute Gasteiger partial charge is 0.244 e. The molecule has 0 atom stereocenters. The van der Waals surface area contributed by atoms with E-state index in [1.807, 2.05) is 20.8 Å². The molecule has 0 radical (unpaired) electrons. The molecule has 1 aromatic rings. The molecule has 0 aliphatic heterocycles. The van der Waals surface area contributed by atoms with Crippen molar-refractivity contribution in [2.24, 2.45) is 5.41 Å². The van der Waals surface area contributed by atoms with Crippen molar-refractivity contribution in [3.8, 4) is 0 Å². The van der Waals surface area contributed by atoms with E-state index in [-0.39, 0.29) is 32.8 Å². The molecular formula is C14H20Cl2N2O3S. The molecule has 1 aromatic carbocycles. The van der Waals surface area contributed by atoms with Gasteiger partial charge in [-0.25, -0.2) is 8.42 Å². The number of carbonyl (C=O) groups is 1. The third kappa shape index (κ3) is 5.43. The molecule has 0 spiro atoms. The van der Waals surface area contributed by atoms with E-state index in [2.05, 4.69) is 5.32 Å². The fraction of sp³-hybridized carbons (Fsp3) is 0.500. The van der Waals surface area contributed by atoms with E-state index in [0.717, 1.165) is 4.31 Å². The molecule has 0 fully saturated rings. The summed E-state index contributed by atoms with van der Waals surface area (Å²) in [6.07, 6.45) is 0. The Morgan fingerprint density at radius 3 is 2.41 bits per heavy atom. The maximum atomic E-state index is 12.4. The summed E-state index contributed by atoms with van der Waals surface area (Å²) in [5.41, 5.74) is -0.0800. The molecule has 5 nitrogen and oxygen atoms in total. The average Bonchev–Trinajstić information content (AvgIpc) is 2.38. The highest BCUT2D eigenvalue weighted by Crippen LogP contribution is 2.27. The first-order chi connectivity index (χ1) is 9.93. The SMILES string of the molecule is CN(CC(=O)NCC(C)(C)C)S(=O)(=O)c1cc(Cl)ccc1Cl. The Morgan fingerprint density at radius 1 is 1.27 bits per heavy atom. The van der Waals surface area contributed by atoms with Gasteiger partial charge < -0.3 is 5.32 Å². The molecule has 1 rings (SSSR count). The summed E-state index contributed by atoms with van der Waals surface area (Å²) in [5, 5.41) is 3.02. The summed E-state index contributed by atoms with van der Waals surface area (Å²) < 4.78 is 25.8. The van der Waals surface area contributed by atoms with Crippen LogP contribution in [0.4, 0.5) is 0 Å². The number of nitrogens with zero attached hydrogens (tertiary/aromatic N) is 1. The number of carbonyl (C=O) groups excluding carboxylic acids is 1. The lowest BCUT2D eigenvalue weighted by Crippen LogP contribution is -2.41. The number of hydrogen-bond donors (Lipinski definition) is 1. The zero-order valence-corrected chi connectivity index (χ0v) is 15.3. The zero-order chi connectivity index (χ0) is 17.1. The highest BCUT2D eigenvalue weighted by molar-refractivity contribution is 7.89. The molecule has 0 bridgehead atoms. The maximum absolute atomic E-state index is 12.4. The van der Waals surface area contributed by atoms with Crippen molar-refractivity contribution in [3.63, 3.8) is 0 Å². The van der Waals surface area contributed by atoms with Crippen LogP contribution in [0.25, 0.3) is 0 Å². The molecule has 124 valence electrons. The number of benzene rings is 1. The van der Waals surface area contributed by atoms with Gasteiger partial charge in [-0.1, -0.05) is 44.0 Å². The number of halogens is 2. The van der Waals surface area contributed by atoms with Crippen LogP contribution in [0.2, 0.25) is 10.0 Å². The van der Waals surface area contributed by atoms with E-state index in [4.69, 9.17) is 23.2 Å². The molecule has 0 unspecified atom stereocenters. The number of hydrogen-bond acceptors (Lipinski definition) is 3. The molecule has 8 heteroatoms. The van der Waals surface area contributed by atoms with Crippen LogP contribution in [-0.2, 0) is 14.8 Å². The van der Waals surface area contributed by atoms with Crippen LogP contribution in [0, 0.1) is 5.41 Å². The molecule has 0 aliphatic rings. The summed E-state index contributed by atoms with van der Waals surface area (Å²) in [6, 6.07) is 4.17. The van der Waals surface area contributed by atoms with Crippen molar-refractivity contribution in [2.45, 2.75) is 25.7 Å². The first kappa shape index (κ1) is 19.2. The van der Waals surface area contributed by atoms with E-state index >= 15 is 0 Å². The van der Waals surface area contributed by atoms with Crippen molar-refractivity contribution in [1.29, 1.82) is 0 Å². The van der Waals surface area contributed by atoms with Gasteiger partial charge in [0.05, 0.1) is 11.6 Å². The standard InChI is InChI=1S/C14H20Cl2N2O3S/c1-14(2,3)9-17-13(19)8-18(4)22(20,21)12-7-10(15)5-6-11(12)16/h5-7H,8-9H2,1-4H3,(H,17,19). The second-order valence-corrected chi connectivity index (χ2v) is 9.03. The number of nitrogens with one attached hydrogen (secondary N) is 1. The summed E-state index contributed by atoms with van der Waals surface area (Å²) in [4.78, 5) is 11.7. The van der Waals surface area contributed by atoms with E-state index < -0.39 is 10.0 Å². The normalized spacial score (nSPS) is 12.5. The minimum atomic E-state index is -3.88. The average molecular weight is 367 g/mol. The van der Waals surface area contributed by atoms with Crippen molar-refractivity contribution < 1.29 is 13.2 Å². The van der Waals surface area contributed by atoms with Crippen LogP contribution in [0.1, 0.15) is 20.8 Å². The summed E-state index contributed by atoms with van der Waals surface area (Å²) >= 11 is 11.7. The molecule has 1 N–H and O–H groups in total. The van der Waals surface area contributed by atoms with Crippen molar-refractivity contribution in [3.05, 3.63) is 28.2 Å². The Labute approximate surface area is 141 Å². The summed E-state index contributed by atoms with van der Waals surface area (Å²) in [7, 11) is -2.56. The van der Waals surface area contributed by atoms with Crippen LogP contribution in [0.3, 0.4) is 0 Å². The quantitative estimate of drug-likeness (QED) is 0.870. The third-order valence-electron chi connectivity index (χ3n) is 2.76. The van der Waals surface area contributed by atoms with Gasteiger partial charge in [-0.2, -0.15) is 4.31 Å². The van der Waals surface area contributed by atoms with E-state index in [1.165, 1.54) is 25.2 Å². The van der Waals surface area contributed by atoms with Gasteiger partial charge in [0.25, 0.3) is 0 Å². The monoisotopic (exact) mass is 366 g/mol. The topological polar surface area (TPSA) is 66.5 Å². The van der Waals surface area contributed by atoms with Gasteiger partial charge in [0.15, 0.2) is 0 Å². The lowest BCUT2D eigenvalue weighted by molar-refractivity contribution is -0.121. The number of sulfonamides is 1. The summed E-state index contributed by atoms with van der Waals surface area (Å²) in [5.74, 6) is -0.376. The Kier molecular flexibility index (Phi) is 6.27. The minimum absolute atomic E-state index is 0.0614. The van der Waals surface area contributed by atoms with Crippen molar-refractivity contribution >= 4 is 39.1 Å². The van der Waals surface area contributed by atoms with Crippen LogP contribution in [0.5, 0.6) is 0 Å². The number of likely N-dealkylation sites (N-methyl/N-ethyl adjacent to an activating group) is 1. The predicted molar refractivity (Wildman–Crippen MR) is 88.7 cm³/mol. The van der Waals surface area contributed by atoms with E-state index in [0.29, 0.717) is 6.54 Å². The molecule has 0 heterocycles. The molecule has 22 heavy (non-hydrogen) atoms. The number of amides is 1. The van der Waals surface area contributed by atoms with Crippen molar-refractivity contribution in [2.75, 3.05) is 20.1 Å². The first-order valence-corrected chi connectivity index (χ1v) is 8.81. The van der Waals surface area contributed by atoms with Gasteiger partial charge in [-0.3, -0.25) is 4.79 Å². The largest absolute Gasteiger partial charge is 0.354 e. The first-order valence-electron chi connectivity index (χ1n) is 6.61. The second kappa shape index (κ2) is 7.17. The highest BCUT2D eigenvalue weighted by Gasteiger charge is 2.26. The van der Waals surface area contributed by atoms with Crippen molar-refractivity contribution in [1.82, 2.24) is 9.62 Å². The highest BCUT2D eigenvalue weighted by atomic mass is 35.5. The van der Waals surface area contributed by atoms with E-state index in [9.17, 15) is 13.2 Å². The van der Waals surface area contributed by atoms with Crippen LogP contribution in [-0.4, -0.2) is 38.8 Å². The Hall–Kier alpha value is -0.820. The molecular weight excluding hydrogens is 347 g/mol. The van der Waals surface area contributed by atoms with Gasteiger partial charge in [0.2, 0.25) is 15.9 Å². The predicted octanol–water partition coefficient (Wildman–Crippen LogP) is 2.78. The van der Waals surface area contributed by atoms with Gasteiger partial charge in [0, 0.05) is 18.6 Å². The molecule has 0 aromatic heterocycles. The number of rotatable bonds is 5. The van der Waals surface area contributed by atoms with Gasteiger partial charge in [-0.05, 0) is 23.6 Å². The van der Waals surface area contributed by atoms with Gasteiger partial charge >= 0.3 is 0 Å². The van der Waals surface area contributed by atoms with Gasteiger partial charge in [-0.15, -0.1) is 0 Å². The summed E-state index contributed by atoms with van der Waals surface area (Å²) in [6.45, 7) is 6.08. The molecule has 0 saturated carbocycles. The van der Waals surface area contributed by atoms with Crippen LogP contribution >= 0.6 is 23.2 Å². The van der Waals surface area contributed by atoms with Crippen LogP contribution in [0.15, 0.2) is 23.1 Å². The van der Waals surface area contributed by atoms with E-state index in [1.54, 1.807) is 0 Å². The Bertz CT molecular complexity index is 655. The third-order valence-corrected chi connectivity index (χ3v) is 5.28. The molecule has 0 saturated heterocycles. The fourth-order valence-electron chi connectivity index (χ4n) is 1.55. The maximum Gasteiger partial charge on any atom is 0.244 e. The lowest BCUT2D eigenvalue weighted by atomic mass is 9.97. The van der Waals surface area contributed by atoms with Gasteiger partial charge in [0.1, 0.15) is 4.90 Å². The molecule has 1 amide bonds.